The van der Waals surface area contributed by atoms with E-state index in [2.05, 4.69) is 57.1 Å². The van der Waals surface area contributed by atoms with Gasteiger partial charge in [0.1, 0.15) is 8.07 Å². The molecule has 0 amide bonds. The summed E-state index contributed by atoms with van der Waals surface area (Å²) >= 11 is 0. The van der Waals surface area contributed by atoms with Crippen LogP contribution in [0.2, 0.25) is 19.6 Å². The van der Waals surface area contributed by atoms with Crippen molar-refractivity contribution in [3.8, 4) is 11.5 Å². The van der Waals surface area contributed by atoms with Gasteiger partial charge in [0.2, 0.25) is 0 Å². The first-order valence-corrected chi connectivity index (χ1v) is 10.5. The van der Waals surface area contributed by atoms with Gasteiger partial charge >= 0.3 is 0 Å². The van der Waals surface area contributed by atoms with Crippen LogP contribution in [0.3, 0.4) is 0 Å². The van der Waals surface area contributed by atoms with Crippen molar-refractivity contribution in [3.05, 3.63) is 35.9 Å². The van der Waals surface area contributed by atoms with Gasteiger partial charge in [0.15, 0.2) is 0 Å². The fourth-order valence-corrected chi connectivity index (χ4v) is 2.46. The van der Waals surface area contributed by atoms with Crippen LogP contribution in [0.4, 0.5) is 0 Å². The van der Waals surface area contributed by atoms with Crippen molar-refractivity contribution in [1.82, 2.24) is 0 Å². The van der Waals surface area contributed by atoms with Gasteiger partial charge in [0, 0.05) is 5.92 Å². The van der Waals surface area contributed by atoms with Crippen molar-refractivity contribution in [3.63, 3.8) is 0 Å². The summed E-state index contributed by atoms with van der Waals surface area (Å²) in [4.78, 5) is 0. The molecule has 0 aliphatic heterocycles. The van der Waals surface area contributed by atoms with E-state index in [0.29, 0.717) is 12.5 Å². The molecule has 0 fully saturated rings. The van der Waals surface area contributed by atoms with E-state index in [1.807, 2.05) is 18.2 Å². The highest BCUT2D eigenvalue weighted by atomic mass is 28.3. The molecule has 0 aliphatic carbocycles. The molecule has 0 aliphatic rings. The standard InChI is InChI=1S/C17H26OSi/c1-15(11-12-19(3,4)5)13-16(2)18-14-17-9-7-6-8-10-17/h6-10,15-16H,13-14H2,1-5H3/t15-,16+/m1/s1. The summed E-state index contributed by atoms with van der Waals surface area (Å²) < 4.78 is 5.87. The summed E-state index contributed by atoms with van der Waals surface area (Å²) in [6.45, 7) is 11.9. The Morgan fingerprint density at radius 1 is 1.11 bits per heavy atom. The van der Waals surface area contributed by atoms with E-state index < -0.39 is 8.07 Å². The number of hydrogen-bond donors (Lipinski definition) is 0. The average molecular weight is 274 g/mol. The van der Waals surface area contributed by atoms with Crippen LogP contribution in [-0.2, 0) is 11.3 Å². The summed E-state index contributed by atoms with van der Waals surface area (Å²) in [6.07, 6.45) is 1.26. The van der Waals surface area contributed by atoms with E-state index in [4.69, 9.17) is 4.74 Å². The number of ether oxygens (including phenoxy) is 1. The van der Waals surface area contributed by atoms with Crippen LogP contribution >= 0.6 is 0 Å². The first-order chi connectivity index (χ1) is 8.87. The molecule has 0 aromatic heterocycles. The first-order valence-electron chi connectivity index (χ1n) is 7.05. The molecule has 0 bridgehead atoms. The Balaban J connectivity index is 2.34. The normalized spacial score (nSPS) is 14.4. The van der Waals surface area contributed by atoms with Crippen LogP contribution in [0, 0.1) is 17.4 Å². The molecule has 1 nitrogen and oxygen atoms in total. The summed E-state index contributed by atoms with van der Waals surface area (Å²) in [5.41, 5.74) is 4.67. The molecule has 0 radical (unpaired) electrons. The number of rotatable bonds is 5. The maximum Gasteiger partial charge on any atom is 0.129 e. The molecule has 2 atom stereocenters. The van der Waals surface area contributed by atoms with Gasteiger partial charge in [0.25, 0.3) is 0 Å². The predicted octanol–water partition coefficient (Wildman–Crippen LogP) is 4.50. The molecule has 0 N–H and O–H groups in total. The van der Waals surface area contributed by atoms with E-state index in [9.17, 15) is 0 Å². The molecular formula is C17H26OSi. The Kier molecular flexibility index (Phi) is 6.34. The van der Waals surface area contributed by atoms with Crippen LogP contribution in [0.5, 0.6) is 0 Å². The van der Waals surface area contributed by atoms with Crippen molar-refractivity contribution < 1.29 is 4.74 Å². The fourth-order valence-electron chi connectivity index (χ4n) is 1.78. The van der Waals surface area contributed by atoms with Crippen molar-refractivity contribution in [1.29, 1.82) is 0 Å². The van der Waals surface area contributed by atoms with Gasteiger partial charge in [-0.2, -0.15) is 0 Å². The Bertz CT molecular complexity index is 422. The highest BCUT2D eigenvalue weighted by Gasteiger charge is 2.10. The molecule has 0 saturated heterocycles. The minimum absolute atomic E-state index is 0.256. The highest BCUT2D eigenvalue weighted by molar-refractivity contribution is 6.83. The van der Waals surface area contributed by atoms with Crippen LogP contribution in [-0.4, -0.2) is 14.2 Å². The Morgan fingerprint density at radius 3 is 2.32 bits per heavy atom. The minimum atomic E-state index is -1.24. The second-order valence-corrected chi connectivity index (χ2v) is 11.0. The molecule has 0 spiro atoms. The SMILES string of the molecule is C[C@H](C#C[Si](C)(C)C)C[C@H](C)OCc1ccccc1. The van der Waals surface area contributed by atoms with E-state index >= 15 is 0 Å². The molecule has 0 saturated carbocycles. The van der Waals surface area contributed by atoms with E-state index in [1.165, 1.54) is 5.56 Å². The quantitative estimate of drug-likeness (QED) is 0.567. The maximum absolute atomic E-state index is 5.87. The molecule has 1 rings (SSSR count). The van der Waals surface area contributed by atoms with Crippen molar-refractivity contribution in [2.75, 3.05) is 0 Å². The van der Waals surface area contributed by atoms with Gasteiger partial charge in [0.05, 0.1) is 12.7 Å². The van der Waals surface area contributed by atoms with E-state index in [-0.39, 0.29) is 6.10 Å². The second kappa shape index (κ2) is 7.52. The average Bonchev–Trinajstić information content (AvgIpc) is 2.34. The van der Waals surface area contributed by atoms with Gasteiger partial charge in [-0.15, -0.1) is 11.5 Å². The zero-order valence-electron chi connectivity index (χ0n) is 12.9. The monoisotopic (exact) mass is 274 g/mol. The Labute approximate surface area is 119 Å². The minimum Gasteiger partial charge on any atom is -0.374 e. The van der Waals surface area contributed by atoms with Gasteiger partial charge in [-0.3, -0.25) is 0 Å². The highest BCUT2D eigenvalue weighted by Crippen LogP contribution is 2.11. The largest absolute Gasteiger partial charge is 0.374 e. The molecule has 19 heavy (non-hydrogen) atoms. The van der Waals surface area contributed by atoms with Gasteiger partial charge in [-0.25, -0.2) is 0 Å². The number of benzene rings is 1. The summed E-state index contributed by atoms with van der Waals surface area (Å²) in [6, 6.07) is 10.3. The summed E-state index contributed by atoms with van der Waals surface area (Å²) in [5.74, 6) is 3.80. The van der Waals surface area contributed by atoms with Crippen LogP contribution < -0.4 is 0 Å². The maximum atomic E-state index is 5.87. The molecule has 1 aromatic carbocycles. The van der Waals surface area contributed by atoms with E-state index in [0.717, 1.165) is 6.42 Å². The summed E-state index contributed by atoms with van der Waals surface area (Å²) in [7, 11) is -1.24. The third-order valence-electron chi connectivity index (χ3n) is 2.76. The third kappa shape index (κ3) is 7.87. The lowest BCUT2D eigenvalue weighted by Gasteiger charge is -2.15. The Morgan fingerprint density at radius 2 is 1.74 bits per heavy atom. The van der Waals surface area contributed by atoms with Gasteiger partial charge in [-0.1, -0.05) is 56.9 Å². The second-order valence-electron chi connectivity index (χ2n) is 6.26. The first kappa shape index (κ1) is 16.0. The predicted molar refractivity (Wildman–Crippen MR) is 85.6 cm³/mol. The van der Waals surface area contributed by atoms with Gasteiger partial charge < -0.3 is 4.74 Å². The smallest absolute Gasteiger partial charge is 0.129 e. The van der Waals surface area contributed by atoms with Crippen molar-refractivity contribution in [2.45, 2.75) is 52.6 Å². The van der Waals surface area contributed by atoms with Crippen molar-refractivity contribution in [2.24, 2.45) is 5.92 Å². The zero-order valence-corrected chi connectivity index (χ0v) is 13.9. The third-order valence-corrected chi connectivity index (χ3v) is 3.65. The molecule has 0 unspecified atom stereocenters. The fraction of sp³-hybridized carbons (Fsp3) is 0.529. The summed E-state index contributed by atoms with van der Waals surface area (Å²) in [5, 5.41) is 0. The van der Waals surface area contributed by atoms with Crippen LogP contribution in [0.15, 0.2) is 30.3 Å². The zero-order chi connectivity index (χ0) is 14.3. The Hall–Kier alpha value is -1.04. The van der Waals surface area contributed by atoms with Crippen LogP contribution in [0.25, 0.3) is 0 Å². The molecule has 1 aromatic rings. The topological polar surface area (TPSA) is 9.23 Å². The molecule has 0 heterocycles. The van der Waals surface area contributed by atoms with E-state index in [1.54, 1.807) is 0 Å². The van der Waals surface area contributed by atoms with Crippen molar-refractivity contribution >= 4 is 8.07 Å². The lowest BCUT2D eigenvalue weighted by Crippen LogP contribution is -2.17. The van der Waals surface area contributed by atoms with Crippen LogP contribution in [0.1, 0.15) is 25.8 Å². The van der Waals surface area contributed by atoms with Gasteiger partial charge in [-0.05, 0) is 18.9 Å². The molecule has 104 valence electrons. The molecule has 2 heteroatoms. The number of hydrogen-bond acceptors (Lipinski definition) is 1. The lowest BCUT2D eigenvalue weighted by atomic mass is 10.1. The molecular weight excluding hydrogens is 248 g/mol. The lowest BCUT2D eigenvalue weighted by molar-refractivity contribution is 0.0424.